The van der Waals surface area contributed by atoms with Crippen molar-refractivity contribution in [1.29, 1.82) is 0 Å². The van der Waals surface area contributed by atoms with Crippen molar-refractivity contribution in [2.75, 3.05) is 0 Å². The van der Waals surface area contributed by atoms with E-state index in [0.717, 1.165) is 17.4 Å². The maximum Gasteiger partial charge on any atom is 0.345 e. The predicted octanol–water partition coefficient (Wildman–Crippen LogP) is 1.79. The monoisotopic (exact) mass is 391 g/mol. The van der Waals surface area contributed by atoms with Gasteiger partial charge in [-0.25, -0.2) is 27.9 Å². The molecule has 2 aromatic rings. The van der Waals surface area contributed by atoms with Crippen LogP contribution in [0.25, 0.3) is 0 Å². The molecule has 2 N–H and O–H groups in total. The van der Waals surface area contributed by atoms with Gasteiger partial charge in [-0.1, -0.05) is 0 Å². The third kappa shape index (κ3) is 3.84. The quantitative estimate of drug-likeness (QED) is 0.803. The van der Waals surface area contributed by atoms with Gasteiger partial charge in [-0.15, -0.1) is 11.3 Å². The number of rotatable bonds is 5. The minimum atomic E-state index is -3.82. The number of aryl methyl sites for hydroxylation is 1. The van der Waals surface area contributed by atoms with Crippen LogP contribution in [0.2, 0.25) is 0 Å². The SMILES string of the molecule is Cc1nccc(CNS(=O)(=O)c2cc(C(=O)O)sc2Br)n1. The van der Waals surface area contributed by atoms with Crippen LogP contribution in [0, 0.1) is 6.92 Å². The van der Waals surface area contributed by atoms with Crippen LogP contribution in [0.3, 0.4) is 0 Å². The van der Waals surface area contributed by atoms with Gasteiger partial charge in [0.05, 0.1) is 16.0 Å². The number of carboxylic acids is 1. The molecule has 0 aromatic carbocycles. The summed E-state index contributed by atoms with van der Waals surface area (Å²) in [5.41, 5.74) is 0.524. The molecule has 2 aromatic heterocycles. The number of nitrogens with zero attached hydrogens (tertiary/aromatic N) is 2. The van der Waals surface area contributed by atoms with E-state index in [-0.39, 0.29) is 20.1 Å². The van der Waals surface area contributed by atoms with Crippen molar-refractivity contribution in [3.05, 3.63) is 38.5 Å². The van der Waals surface area contributed by atoms with Crippen LogP contribution in [-0.4, -0.2) is 29.5 Å². The maximum atomic E-state index is 12.2. The fourth-order valence-corrected chi connectivity index (χ4v) is 4.89. The highest BCUT2D eigenvalue weighted by Gasteiger charge is 2.23. The van der Waals surface area contributed by atoms with Crippen molar-refractivity contribution in [3.8, 4) is 0 Å². The molecule has 0 aliphatic rings. The van der Waals surface area contributed by atoms with Gasteiger partial charge in [-0.05, 0) is 35.0 Å². The van der Waals surface area contributed by atoms with Gasteiger partial charge in [-0.2, -0.15) is 0 Å². The van der Waals surface area contributed by atoms with E-state index in [2.05, 4.69) is 30.6 Å². The van der Waals surface area contributed by atoms with Crippen molar-refractivity contribution >= 4 is 43.3 Å². The standard InChI is InChI=1S/C11H10BrN3O4S2/c1-6-13-3-2-7(15-6)5-14-21(18,19)9-4-8(11(16)17)20-10(9)12/h2-4,14H,5H2,1H3,(H,16,17). The first-order valence-electron chi connectivity index (χ1n) is 5.60. The number of sulfonamides is 1. The Bertz CT molecular complexity index is 789. The van der Waals surface area contributed by atoms with Crippen molar-refractivity contribution in [1.82, 2.24) is 14.7 Å². The average Bonchev–Trinajstić information content (AvgIpc) is 2.80. The van der Waals surface area contributed by atoms with Crippen molar-refractivity contribution in [2.24, 2.45) is 0 Å². The molecular formula is C11H10BrN3O4S2. The summed E-state index contributed by atoms with van der Waals surface area (Å²) in [6.45, 7) is 1.70. The van der Waals surface area contributed by atoms with E-state index in [0.29, 0.717) is 11.5 Å². The Kier molecular flexibility index (Phi) is 4.71. The lowest BCUT2D eigenvalue weighted by molar-refractivity contribution is 0.0702. The first-order chi connectivity index (χ1) is 9.79. The van der Waals surface area contributed by atoms with Gasteiger partial charge in [0.2, 0.25) is 10.0 Å². The number of hydrogen-bond acceptors (Lipinski definition) is 6. The largest absolute Gasteiger partial charge is 0.477 e. The minimum Gasteiger partial charge on any atom is -0.477 e. The maximum absolute atomic E-state index is 12.2. The molecule has 0 saturated heterocycles. The number of carbonyl (C=O) groups is 1. The Hall–Kier alpha value is -1.36. The highest BCUT2D eigenvalue weighted by atomic mass is 79.9. The Labute approximate surface area is 133 Å². The molecule has 0 atom stereocenters. The summed E-state index contributed by atoms with van der Waals surface area (Å²) < 4.78 is 27.0. The number of aromatic nitrogens is 2. The first kappa shape index (κ1) is 16.0. The van der Waals surface area contributed by atoms with Crippen LogP contribution in [-0.2, 0) is 16.6 Å². The second kappa shape index (κ2) is 6.18. The van der Waals surface area contributed by atoms with Crippen LogP contribution in [0.1, 0.15) is 21.2 Å². The summed E-state index contributed by atoms with van der Waals surface area (Å²) in [5.74, 6) is -0.634. The van der Waals surface area contributed by atoms with Gasteiger partial charge in [0, 0.05) is 6.20 Å². The molecule has 2 heterocycles. The Balaban J connectivity index is 2.21. The number of thiophene rings is 1. The summed E-state index contributed by atoms with van der Waals surface area (Å²) >= 11 is 3.92. The van der Waals surface area contributed by atoms with Gasteiger partial charge in [0.15, 0.2) is 0 Å². The third-order valence-corrected chi connectivity index (χ3v) is 6.07. The molecule has 2 rings (SSSR count). The molecule has 21 heavy (non-hydrogen) atoms. The van der Waals surface area contributed by atoms with Crippen molar-refractivity contribution < 1.29 is 18.3 Å². The van der Waals surface area contributed by atoms with E-state index in [9.17, 15) is 13.2 Å². The number of carboxylic acid groups (broad SMARTS) is 1. The van der Waals surface area contributed by atoms with Gasteiger partial charge in [-0.3, -0.25) is 0 Å². The summed E-state index contributed by atoms with van der Waals surface area (Å²) in [5, 5.41) is 8.88. The molecule has 0 bridgehead atoms. The molecule has 0 unspecified atom stereocenters. The van der Waals surface area contributed by atoms with Gasteiger partial charge >= 0.3 is 5.97 Å². The lowest BCUT2D eigenvalue weighted by Gasteiger charge is -2.05. The smallest absolute Gasteiger partial charge is 0.345 e. The minimum absolute atomic E-state index is 0.00359. The van der Waals surface area contributed by atoms with Crippen LogP contribution < -0.4 is 4.72 Å². The van der Waals surface area contributed by atoms with E-state index >= 15 is 0 Å². The summed E-state index contributed by atoms with van der Waals surface area (Å²) in [6, 6.07) is 2.71. The molecule has 0 spiro atoms. The predicted molar refractivity (Wildman–Crippen MR) is 79.8 cm³/mol. The third-order valence-electron chi connectivity index (χ3n) is 2.43. The van der Waals surface area contributed by atoms with Crippen LogP contribution >= 0.6 is 27.3 Å². The number of aromatic carboxylic acids is 1. The normalized spacial score (nSPS) is 11.5. The molecule has 10 heteroatoms. The van der Waals surface area contributed by atoms with E-state index in [1.54, 1.807) is 13.0 Å². The number of hydrogen-bond donors (Lipinski definition) is 2. The number of halogens is 1. The molecule has 0 aliphatic carbocycles. The van der Waals surface area contributed by atoms with E-state index < -0.39 is 16.0 Å². The summed E-state index contributed by atoms with van der Waals surface area (Å²) in [6.07, 6.45) is 1.54. The van der Waals surface area contributed by atoms with E-state index in [4.69, 9.17) is 5.11 Å². The van der Waals surface area contributed by atoms with Gasteiger partial charge < -0.3 is 5.11 Å². The zero-order chi connectivity index (χ0) is 15.6. The Morgan fingerprint density at radius 2 is 2.24 bits per heavy atom. The zero-order valence-corrected chi connectivity index (χ0v) is 13.9. The van der Waals surface area contributed by atoms with Crippen LogP contribution in [0.4, 0.5) is 0 Å². The van der Waals surface area contributed by atoms with E-state index in [1.165, 1.54) is 6.20 Å². The second-order valence-corrected chi connectivity index (χ2v) is 8.08. The van der Waals surface area contributed by atoms with Gasteiger partial charge in [0.1, 0.15) is 15.6 Å². The fourth-order valence-electron chi connectivity index (χ4n) is 1.49. The van der Waals surface area contributed by atoms with Crippen LogP contribution in [0.15, 0.2) is 27.0 Å². The molecule has 7 nitrogen and oxygen atoms in total. The second-order valence-electron chi connectivity index (χ2n) is 3.97. The summed E-state index contributed by atoms with van der Waals surface area (Å²) in [4.78, 5) is 18.7. The zero-order valence-electron chi connectivity index (χ0n) is 10.7. The molecule has 0 aliphatic heterocycles. The van der Waals surface area contributed by atoms with Crippen molar-refractivity contribution in [3.63, 3.8) is 0 Å². The fraction of sp³-hybridized carbons (Fsp3) is 0.182. The molecule has 0 fully saturated rings. The van der Waals surface area contributed by atoms with Gasteiger partial charge in [0.25, 0.3) is 0 Å². The molecule has 0 saturated carbocycles. The van der Waals surface area contributed by atoms with Crippen molar-refractivity contribution in [2.45, 2.75) is 18.4 Å². The molecule has 0 radical (unpaired) electrons. The Morgan fingerprint density at radius 1 is 1.52 bits per heavy atom. The van der Waals surface area contributed by atoms with Crippen LogP contribution in [0.5, 0.6) is 0 Å². The average molecular weight is 392 g/mol. The first-order valence-corrected chi connectivity index (χ1v) is 8.69. The highest BCUT2D eigenvalue weighted by molar-refractivity contribution is 9.11. The lowest BCUT2D eigenvalue weighted by atomic mass is 10.4. The summed E-state index contributed by atoms with van der Waals surface area (Å²) in [7, 11) is -3.82. The lowest BCUT2D eigenvalue weighted by Crippen LogP contribution is -2.23. The van der Waals surface area contributed by atoms with E-state index in [1.807, 2.05) is 0 Å². The highest BCUT2D eigenvalue weighted by Crippen LogP contribution is 2.31. The topological polar surface area (TPSA) is 109 Å². The Morgan fingerprint density at radius 3 is 2.81 bits per heavy atom. The molecule has 0 amide bonds. The number of nitrogens with one attached hydrogen (secondary N) is 1. The molecular weight excluding hydrogens is 382 g/mol. The molecule has 112 valence electrons.